The Balaban J connectivity index is 1.71. The lowest BCUT2D eigenvalue weighted by atomic mass is 9.44. The van der Waals surface area contributed by atoms with E-state index in [0.717, 1.165) is 36.5 Å². The van der Waals surface area contributed by atoms with Crippen molar-refractivity contribution < 1.29 is 4.79 Å². The van der Waals surface area contributed by atoms with Crippen molar-refractivity contribution in [3.63, 3.8) is 0 Å². The van der Waals surface area contributed by atoms with Crippen LogP contribution in [0.5, 0.6) is 0 Å². The normalized spacial score (nSPS) is 43.4. The summed E-state index contributed by atoms with van der Waals surface area (Å²) in [6, 6.07) is 11.0. The van der Waals surface area contributed by atoms with Gasteiger partial charge < -0.3 is 0 Å². The van der Waals surface area contributed by atoms with Crippen LogP contribution in [-0.2, 0) is 4.79 Å². The quantitative estimate of drug-likeness (QED) is 0.773. The second-order valence-electron chi connectivity index (χ2n) is 7.24. The number of carbonyl (C=O) groups excluding carboxylic acids is 1. The molecule has 2 atom stereocenters. The summed E-state index contributed by atoms with van der Waals surface area (Å²) < 4.78 is 0. The standard InChI is InChI=1S/C18H22O/c1-12(19)18-9-13-7-15(10-18)17(16(8-13)11-18)14-5-3-2-4-6-14/h2-6,13,15-17H,7-11H2,1H3. The molecule has 0 aliphatic heterocycles. The highest BCUT2D eigenvalue weighted by Gasteiger charge is 2.57. The van der Waals surface area contributed by atoms with Gasteiger partial charge in [0.15, 0.2) is 0 Å². The van der Waals surface area contributed by atoms with Crippen molar-refractivity contribution in [3.05, 3.63) is 35.9 Å². The van der Waals surface area contributed by atoms with Crippen molar-refractivity contribution in [3.8, 4) is 0 Å². The first-order chi connectivity index (χ1) is 9.18. The van der Waals surface area contributed by atoms with E-state index in [9.17, 15) is 4.79 Å². The molecule has 1 heteroatoms. The first kappa shape index (κ1) is 11.7. The molecular formula is C18H22O. The maximum atomic E-state index is 12.1. The Morgan fingerprint density at radius 3 is 2.26 bits per heavy atom. The fourth-order valence-corrected chi connectivity index (χ4v) is 5.68. The van der Waals surface area contributed by atoms with Crippen LogP contribution < -0.4 is 0 Å². The highest BCUT2D eigenvalue weighted by atomic mass is 16.1. The van der Waals surface area contributed by atoms with Crippen LogP contribution in [0.3, 0.4) is 0 Å². The highest BCUT2D eigenvalue weighted by Crippen LogP contribution is 2.64. The number of benzene rings is 1. The minimum absolute atomic E-state index is 0.0712. The van der Waals surface area contributed by atoms with Crippen molar-refractivity contribution in [1.82, 2.24) is 0 Å². The third-order valence-corrected chi connectivity index (χ3v) is 6.20. The Labute approximate surface area is 115 Å². The summed E-state index contributed by atoms with van der Waals surface area (Å²) in [6.45, 7) is 1.84. The van der Waals surface area contributed by atoms with Crippen LogP contribution in [0.1, 0.15) is 50.5 Å². The lowest BCUT2D eigenvalue weighted by molar-refractivity contribution is -0.143. The smallest absolute Gasteiger partial charge is 0.135 e. The number of hydrogen-bond acceptors (Lipinski definition) is 1. The van der Waals surface area contributed by atoms with Crippen molar-refractivity contribution >= 4 is 5.78 Å². The van der Waals surface area contributed by atoms with Gasteiger partial charge in [0.05, 0.1) is 0 Å². The van der Waals surface area contributed by atoms with E-state index in [0.29, 0.717) is 5.78 Å². The summed E-state index contributed by atoms with van der Waals surface area (Å²) >= 11 is 0. The third kappa shape index (κ3) is 1.63. The Morgan fingerprint density at radius 1 is 1.05 bits per heavy atom. The van der Waals surface area contributed by atoms with Crippen LogP contribution >= 0.6 is 0 Å². The molecule has 4 bridgehead atoms. The molecule has 0 saturated heterocycles. The van der Waals surface area contributed by atoms with Gasteiger partial charge in [0.2, 0.25) is 0 Å². The highest BCUT2D eigenvalue weighted by molar-refractivity contribution is 5.83. The first-order valence-corrected chi connectivity index (χ1v) is 7.74. The lowest BCUT2D eigenvalue weighted by Crippen LogP contribution is -2.52. The topological polar surface area (TPSA) is 17.1 Å². The molecule has 0 N–H and O–H groups in total. The summed E-state index contributed by atoms with van der Waals surface area (Å²) in [5, 5.41) is 0. The van der Waals surface area contributed by atoms with E-state index >= 15 is 0 Å². The summed E-state index contributed by atoms with van der Waals surface area (Å²) in [4.78, 5) is 12.1. The van der Waals surface area contributed by atoms with Gasteiger partial charge in [0.25, 0.3) is 0 Å². The van der Waals surface area contributed by atoms with Crippen LogP contribution in [-0.4, -0.2) is 5.78 Å². The molecule has 4 fully saturated rings. The largest absolute Gasteiger partial charge is 0.299 e. The second-order valence-corrected chi connectivity index (χ2v) is 7.24. The molecule has 0 spiro atoms. The van der Waals surface area contributed by atoms with Crippen molar-refractivity contribution in [2.75, 3.05) is 0 Å². The Kier molecular flexibility index (Phi) is 2.43. The van der Waals surface area contributed by atoms with Gasteiger partial charge in [-0.05, 0) is 68.3 Å². The second kappa shape index (κ2) is 3.94. The molecule has 0 heterocycles. The summed E-state index contributed by atoms with van der Waals surface area (Å²) in [5.41, 5.74) is 1.59. The molecule has 1 aromatic rings. The molecule has 1 aromatic carbocycles. The van der Waals surface area contributed by atoms with Gasteiger partial charge in [-0.3, -0.25) is 4.79 Å². The van der Waals surface area contributed by atoms with Crippen molar-refractivity contribution in [2.45, 2.75) is 44.9 Å². The molecule has 0 aromatic heterocycles. The third-order valence-electron chi connectivity index (χ3n) is 6.20. The number of ketones is 1. The fourth-order valence-electron chi connectivity index (χ4n) is 5.68. The average Bonchev–Trinajstić information content (AvgIpc) is 2.38. The maximum Gasteiger partial charge on any atom is 0.135 e. The average molecular weight is 254 g/mol. The lowest BCUT2D eigenvalue weighted by Gasteiger charge is -2.59. The monoisotopic (exact) mass is 254 g/mol. The Hall–Kier alpha value is -1.11. The van der Waals surface area contributed by atoms with E-state index in [2.05, 4.69) is 30.3 Å². The molecule has 5 rings (SSSR count). The molecule has 0 radical (unpaired) electrons. The molecule has 0 amide bonds. The van der Waals surface area contributed by atoms with Crippen LogP contribution in [0.25, 0.3) is 0 Å². The van der Waals surface area contributed by atoms with Crippen LogP contribution in [0.15, 0.2) is 30.3 Å². The Morgan fingerprint density at radius 2 is 1.68 bits per heavy atom. The van der Waals surface area contributed by atoms with E-state index in [1.807, 2.05) is 6.92 Å². The zero-order valence-electron chi connectivity index (χ0n) is 11.6. The SMILES string of the molecule is CC(=O)C12CC3CC(C1)C(c1ccccc1)C(C3)C2. The van der Waals surface area contributed by atoms with E-state index in [4.69, 9.17) is 0 Å². The minimum atomic E-state index is 0.0712. The van der Waals surface area contributed by atoms with Gasteiger partial charge in [-0.25, -0.2) is 0 Å². The molecule has 19 heavy (non-hydrogen) atoms. The summed E-state index contributed by atoms with van der Waals surface area (Å²) in [7, 11) is 0. The predicted octanol–water partition coefficient (Wildman–Crippen LogP) is 4.19. The van der Waals surface area contributed by atoms with Gasteiger partial charge in [0, 0.05) is 5.41 Å². The van der Waals surface area contributed by atoms with Gasteiger partial charge in [-0.2, -0.15) is 0 Å². The minimum Gasteiger partial charge on any atom is -0.299 e. The van der Waals surface area contributed by atoms with Crippen LogP contribution in [0.4, 0.5) is 0 Å². The summed E-state index contributed by atoms with van der Waals surface area (Å²) in [6.07, 6.45) is 6.25. The fraction of sp³-hybridized carbons (Fsp3) is 0.611. The Bertz CT molecular complexity index is 488. The molecular weight excluding hydrogens is 232 g/mol. The van der Waals surface area contributed by atoms with Gasteiger partial charge in [-0.1, -0.05) is 30.3 Å². The summed E-state index contributed by atoms with van der Waals surface area (Å²) in [5.74, 6) is 3.56. The predicted molar refractivity (Wildman–Crippen MR) is 75.9 cm³/mol. The van der Waals surface area contributed by atoms with Crippen LogP contribution in [0, 0.1) is 23.2 Å². The molecule has 4 saturated carbocycles. The van der Waals surface area contributed by atoms with Gasteiger partial charge >= 0.3 is 0 Å². The van der Waals surface area contributed by atoms with Gasteiger partial charge in [-0.15, -0.1) is 0 Å². The number of carbonyl (C=O) groups is 1. The molecule has 100 valence electrons. The van der Waals surface area contributed by atoms with E-state index in [-0.39, 0.29) is 5.41 Å². The number of hydrogen-bond donors (Lipinski definition) is 0. The number of Topliss-reactive ketones (excluding diaryl/α,β-unsaturated/α-hetero) is 1. The molecule has 1 nitrogen and oxygen atoms in total. The molecule has 2 unspecified atom stereocenters. The van der Waals surface area contributed by atoms with E-state index in [1.165, 1.54) is 24.8 Å². The molecule has 4 aliphatic carbocycles. The zero-order valence-corrected chi connectivity index (χ0v) is 11.6. The molecule has 4 aliphatic rings. The van der Waals surface area contributed by atoms with Crippen molar-refractivity contribution in [2.24, 2.45) is 23.2 Å². The number of rotatable bonds is 2. The van der Waals surface area contributed by atoms with Crippen LogP contribution in [0.2, 0.25) is 0 Å². The van der Waals surface area contributed by atoms with Crippen molar-refractivity contribution in [1.29, 1.82) is 0 Å². The zero-order chi connectivity index (χ0) is 13.0. The maximum absolute atomic E-state index is 12.1. The van der Waals surface area contributed by atoms with E-state index < -0.39 is 0 Å². The van der Waals surface area contributed by atoms with E-state index in [1.54, 1.807) is 0 Å². The van der Waals surface area contributed by atoms with Gasteiger partial charge in [0.1, 0.15) is 5.78 Å². The first-order valence-electron chi connectivity index (χ1n) is 7.74.